The fourth-order valence-corrected chi connectivity index (χ4v) is 1.88. The summed E-state index contributed by atoms with van der Waals surface area (Å²) in [5.41, 5.74) is 10.5. The topological polar surface area (TPSA) is 76.4 Å². The third-order valence-electron chi connectivity index (χ3n) is 3.11. The summed E-state index contributed by atoms with van der Waals surface area (Å²) in [6.07, 6.45) is 1.80. The Labute approximate surface area is 106 Å². The molecule has 0 aliphatic carbocycles. The minimum atomic E-state index is 0.114. The van der Waals surface area contributed by atoms with Crippen molar-refractivity contribution in [1.82, 2.24) is 9.55 Å². The molecule has 1 aromatic heterocycles. The first-order valence-electron chi connectivity index (χ1n) is 5.64. The molecule has 0 atom stereocenters. The van der Waals surface area contributed by atoms with Crippen molar-refractivity contribution in [3.8, 4) is 5.69 Å². The van der Waals surface area contributed by atoms with Crippen LogP contribution in [-0.2, 0) is 0 Å². The predicted molar refractivity (Wildman–Crippen MR) is 70.3 cm³/mol. The van der Waals surface area contributed by atoms with E-state index in [0.29, 0.717) is 5.56 Å². The van der Waals surface area contributed by atoms with Gasteiger partial charge in [0.25, 0.3) is 0 Å². The van der Waals surface area contributed by atoms with Crippen molar-refractivity contribution >= 4 is 5.84 Å². The van der Waals surface area contributed by atoms with Crippen LogP contribution in [0.1, 0.15) is 22.5 Å². The number of aromatic nitrogens is 2. The molecule has 0 bridgehead atoms. The fraction of sp³-hybridized carbons (Fsp3) is 0.231. The lowest BCUT2D eigenvalue weighted by Gasteiger charge is -2.10. The molecule has 5 nitrogen and oxygen atoms in total. The monoisotopic (exact) mass is 244 g/mol. The second-order valence-electron chi connectivity index (χ2n) is 4.27. The van der Waals surface area contributed by atoms with Gasteiger partial charge in [0.05, 0.1) is 12.0 Å². The molecule has 0 fully saturated rings. The highest BCUT2D eigenvalue weighted by atomic mass is 16.4. The van der Waals surface area contributed by atoms with Crippen LogP contribution in [0.3, 0.4) is 0 Å². The molecule has 0 saturated carbocycles. The van der Waals surface area contributed by atoms with Crippen molar-refractivity contribution < 1.29 is 5.21 Å². The van der Waals surface area contributed by atoms with E-state index >= 15 is 0 Å². The first-order valence-corrected chi connectivity index (χ1v) is 5.64. The number of nitrogens with two attached hydrogens (primary N) is 1. The lowest BCUT2D eigenvalue weighted by molar-refractivity contribution is 0.318. The number of imidazole rings is 1. The molecule has 0 aliphatic heterocycles. The molecule has 0 amide bonds. The summed E-state index contributed by atoms with van der Waals surface area (Å²) < 4.78 is 2.03. The van der Waals surface area contributed by atoms with Gasteiger partial charge < -0.3 is 15.5 Å². The molecule has 1 aromatic carbocycles. The normalized spacial score (nSPS) is 11.8. The van der Waals surface area contributed by atoms with Crippen LogP contribution in [0.2, 0.25) is 0 Å². The average Bonchev–Trinajstić information content (AvgIpc) is 2.69. The van der Waals surface area contributed by atoms with Crippen molar-refractivity contribution in [2.24, 2.45) is 10.9 Å². The van der Waals surface area contributed by atoms with E-state index in [1.807, 2.05) is 43.5 Å². The van der Waals surface area contributed by atoms with Gasteiger partial charge in [0.2, 0.25) is 0 Å². The van der Waals surface area contributed by atoms with Crippen LogP contribution in [-0.4, -0.2) is 20.6 Å². The van der Waals surface area contributed by atoms with Gasteiger partial charge in [-0.1, -0.05) is 5.16 Å². The second-order valence-corrected chi connectivity index (χ2v) is 4.27. The van der Waals surface area contributed by atoms with Crippen molar-refractivity contribution in [2.75, 3.05) is 0 Å². The van der Waals surface area contributed by atoms with Crippen molar-refractivity contribution in [3.63, 3.8) is 0 Å². The van der Waals surface area contributed by atoms with E-state index in [4.69, 9.17) is 10.9 Å². The molecule has 3 N–H and O–H groups in total. The van der Waals surface area contributed by atoms with Crippen LogP contribution in [0, 0.1) is 20.8 Å². The van der Waals surface area contributed by atoms with Gasteiger partial charge in [0.1, 0.15) is 0 Å². The molecule has 0 radical (unpaired) electrons. The number of rotatable bonds is 2. The van der Waals surface area contributed by atoms with Gasteiger partial charge >= 0.3 is 0 Å². The fourth-order valence-electron chi connectivity index (χ4n) is 1.88. The van der Waals surface area contributed by atoms with Gasteiger partial charge in [-0.3, -0.25) is 0 Å². The third kappa shape index (κ3) is 1.95. The van der Waals surface area contributed by atoms with E-state index < -0.39 is 0 Å². The zero-order chi connectivity index (χ0) is 13.3. The summed E-state index contributed by atoms with van der Waals surface area (Å²) in [7, 11) is 0. The van der Waals surface area contributed by atoms with E-state index in [-0.39, 0.29) is 5.84 Å². The van der Waals surface area contributed by atoms with Crippen molar-refractivity contribution in [3.05, 3.63) is 47.0 Å². The average molecular weight is 244 g/mol. The van der Waals surface area contributed by atoms with Crippen molar-refractivity contribution in [1.29, 1.82) is 0 Å². The Kier molecular flexibility index (Phi) is 3.06. The number of hydrogen-bond donors (Lipinski definition) is 2. The largest absolute Gasteiger partial charge is 0.409 e. The molecule has 2 aromatic rings. The second kappa shape index (κ2) is 4.52. The minimum absolute atomic E-state index is 0.114. The Bertz CT molecular complexity index is 613. The van der Waals surface area contributed by atoms with Crippen LogP contribution in [0.15, 0.2) is 29.7 Å². The Balaban J connectivity index is 2.51. The first-order chi connectivity index (χ1) is 8.54. The Morgan fingerprint density at radius 2 is 2.06 bits per heavy atom. The molecule has 94 valence electrons. The summed E-state index contributed by atoms with van der Waals surface area (Å²) in [5.74, 6) is 0.114. The van der Waals surface area contributed by atoms with Gasteiger partial charge in [0, 0.05) is 16.9 Å². The molecule has 1 heterocycles. The molecular formula is C13H16N4O. The first kappa shape index (κ1) is 12.2. The Hall–Kier alpha value is -2.30. The van der Waals surface area contributed by atoms with E-state index in [0.717, 1.165) is 22.6 Å². The highest BCUT2D eigenvalue weighted by Gasteiger charge is 2.08. The summed E-state index contributed by atoms with van der Waals surface area (Å²) in [4.78, 5) is 4.28. The zero-order valence-corrected chi connectivity index (χ0v) is 10.7. The number of nitrogens with zero attached hydrogens (tertiary/aromatic N) is 3. The van der Waals surface area contributed by atoms with Crippen LogP contribution in [0.5, 0.6) is 0 Å². The number of amidine groups is 1. The SMILES string of the molecule is Cc1cc(C(N)=NO)ccc1-n1cnc(C)c1C. The van der Waals surface area contributed by atoms with E-state index in [2.05, 4.69) is 10.1 Å². The number of hydrogen-bond acceptors (Lipinski definition) is 3. The van der Waals surface area contributed by atoms with Crippen LogP contribution in [0.4, 0.5) is 0 Å². The third-order valence-corrected chi connectivity index (χ3v) is 3.11. The van der Waals surface area contributed by atoms with Crippen LogP contribution in [0.25, 0.3) is 5.69 Å². The van der Waals surface area contributed by atoms with Gasteiger partial charge in [-0.05, 0) is 44.5 Å². The molecule has 5 heteroatoms. The minimum Gasteiger partial charge on any atom is -0.409 e. The van der Waals surface area contributed by atoms with E-state index in [9.17, 15) is 0 Å². The van der Waals surface area contributed by atoms with E-state index in [1.165, 1.54) is 0 Å². The molecule has 0 aliphatic rings. The molecule has 0 unspecified atom stereocenters. The van der Waals surface area contributed by atoms with Crippen LogP contribution >= 0.6 is 0 Å². The standard InChI is InChI=1S/C13H16N4O/c1-8-6-11(13(14)16-18)4-5-12(8)17-7-15-9(2)10(17)3/h4-7,18H,1-3H3,(H2,14,16). The zero-order valence-electron chi connectivity index (χ0n) is 10.7. The lowest BCUT2D eigenvalue weighted by atomic mass is 10.1. The van der Waals surface area contributed by atoms with Gasteiger partial charge in [-0.2, -0.15) is 0 Å². The maximum absolute atomic E-state index is 8.66. The highest BCUT2D eigenvalue weighted by Crippen LogP contribution is 2.19. The maximum Gasteiger partial charge on any atom is 0.170 e. The number of aryl methyl sites for hydroxylation is 2. The van der Waals surface area contributed by atoms with Gasteiger partial charge in [0.15, 0.2) is 5.84 Å². The summed E-state index contributed by atoms with van der Waals surface area (Å²) >= 11 is 0. The van der Waals surface area contributed by atoms with Gasteiger partial charge in [-0.25, -0.2) is 4.98 Å². The highest BCUT2D eigenvalue weighted by molar-refractivity contribution is 5.97. The predicted octanol–water partition coefficient (Wildman–Crippen LogP) is 1.89. The Morgan fingerprint density at radius 3 is 2.56 bits per heavy atom. The lowest BCUT2D eigenvalue weighted by Crippen LogP contribution is -2.13. The summed E-state index contributed by atoms with van der Waals surface area (Å²) in [6, 6.07) is 5.65. The Morgan fingerprint density at radius 1 is 1.33 bits per heavy atom. The molecule has 18 heavy (non-hydrogen) atoms. The number of benzene rings is 1. The molecule has 0 saturated heterocycles. The summed E-state index contributed by atoms with van der Waals surface area (Å²) in [6.45, 7) is 5.99. The van der Waals surface area contributed by atoms with Crippen LogP contribution < -0.4 is 5.73 Å². The molecular weight excluding hydrogens is 228 g/mol. The number of oxime groups is 1. The van der Waals surface area contributed by atoms with E-state index in [1.54, 1.807) is 6.33 Å². The maximum atomic E-state index is 8.66. The van der Waals surface area contributed by atoms with Crippen molar-refractivity contribution in [2.45, 2.75) is 20.8 Å². The quantitative estimate of drug-likeness (QED) is 0.366. The smallest absolute Gasteiger partial charge is 0.170 e. The molecule has 2 rings (SSSR count). The summed E-state index contributed by atoms with van der Waals surface area (Å²) in [5, 5.41) is 11.7. The molecule has 0 spiro atoms. The van der Waals surface area contributed by atoms with Gasteiger partial charge in [-0.15, -0.1) is 0 Å².